The normalized spacial score (nSPS) is 27.2. The predicted molar refractivity (Wildman–Crippen MR) is 183 cm³/mol. The van der Waals surface area contributed by atoms with Crippen molar-refractivity contribution >= 4 is 58.0 Å². The lowest BCUT2D eigenvalue weighted by atomic mass is 9.51. The van der Waals surface area contributed by atoms with Gasteiger partial charge in [0.05, 0.1) is 39.6 Å². The molecule has 4 aromatic carbocycles. The summed E-state index contributed by atoms with van der Waals surface area (Å²) in [4.78, 5) is 59.2. The maximum atomic E-state index is 15.0. The lowest BCUT2D eigenvalue weighted by Gasteiger charge is -2.49. The molecular weight excluding hydrogens is 664 g/mol. The van der Waals surface area contributed by atoms with Gasteiger partial charge >= 0.3 is 0 Å². The number of nitrogens with zero attached hydrogens (tertiary/aromatic N) is 2. The highest BCUT2D eigenvalue weighted by molar-refractivity contribution is 6.32. The lowest BCUT2D eigenvalue weighted by Crippen LogP contribution is -2.49. The van der Waals surface area contributed by atoms with E-state index in [4.69, 9.17) is 11.6 Å². The van der Waals surface area contributed by atoms with E-state index in [-0.39, 0.29) is 35.0 Å². The average Bonchev–Trinajstić information content (AvgIpc) is 3.48. The van der Waals surface area contributed by atoms with Gasteiger partial charge in [0, 0.05) is 22.9 Å². The molecule has 11 heteroatoms. The molecule has 2 aliphatic heterocycles. The van der Waals surface area contributed by atoms with E-state index in [2.05, 4.69) is 5.32 Å². The maximum Gasteiger partial charge on any atom is 0.241 e. The Morgan fingerprint density at radius 2 is 1.48 bits per heavy atom. The van der Waals surface area contributed by atoms with Gasteiger partial charge < -0.3 is 10.4 Å². The highest BCUT2D eigenvalue weighted by Crippen LogP contribution is 2.64. The first kappa shape index (κ1) is 31.9. The van der Waals surface area contributed by atoms with Crippen LogP contribution in [0.2, 0.25) is 5.02 Å². The number of carbonyl (C=O) groups excluding carboxylic acids is 4. The number of anilines is 4. The second kappa shape index (κ2) is 11.6. The van der Waals surface area contributed by atoms with E-state index in [9.17, 15) is 33.1 Å². The zero-order valence-electron chi connectivity index (χ0n) is 26.6. The molecule has 50 heavy (non-hydrogen) atoms. The van der Waals surface area contributed by atoms with Crippen molar-refractivity contribution in [2.75, 3.05) is 15.1 Å². The van der Waals surface area contributed by atoms with Crippen molar-refractivity contribution in [3.8, 4) is 5.75 Å². The van der Waals surface area contributed by atoms with Gasteiger partial charge in [0.15, 0.2) is 11.6 Å². The predicted octanol–water partition coefficient (Wildman–Crippen LogP) is 7.50. The fourth-order valence-electron chi connectivity index (χ4n) is 8.63. The van der Waals surface area contributed by atoms with Gasteiger partial charge in [-0.15, -0.1) is 0 Å². The van der Waals surface area contributed by atoms with Gasteiger partial charge in [-0.1, -0.05) is 53.6 Å². The van der Waals surface area contributed by atoms with Crippen molar-refractivity contribution in [3.63, 3.8) is 0 Å². The summed E-state index contributed by atoms with van der Waals surface area (Å²) in [5.41, 5.74) is 1.29. The molecular formula is C39H30ClF2N3O5. The number of phenolic OH excluding ortho intramolecular Hbond substituents is 1. The Hall–Kier alpha value is -5.35. The van der Waals surface area contributed by atoms with E-state index < -0.39 is 70.1 Å². The van der Waals surface area contributed by atoms with Gasteiger partial charge in [-0.05, 0) is 86.3 Å². The second-order valence-corrected chi connectivity index (χ2v) is 13.9. The molecule has 2 saturated heterocycles. The van der Waals surface area contributed by atoms with Crippen LogP contribution >= 0.6 is 11.6 Å². The summed E-state index contributed by atoms with van der Waals surface area (Å²) in [7, 11) is 0. The zero-order chi connectivity index (χ0) is 35.1. The molecule has 0 radical (unpaired) electrons. The quantitative estimate of drug-likeness (QED) is 0.166. The Labute approximate surface area is 291 Å². The van der Waals surface area contributed by atoms with Crippen LogP contribution in [0.4, 0.5) is 31.5 Å². The molecule has 252 valence electrons. The number of hydrogen-bond donors (Lipinski definition) is 2. The lowest BCUT2D eigenvalue weighted by molar-refractivity contribution is -0.131. The molecule has 6 unspecified atom stereocenters. The third-order valence-electron chi connectivity index (χ3n) is 11.0. The minimum atomic E-state index is -1.52. The smallest absolute Gasteiger partial charge is 0.241 e. The Balaban J connectivity index is 1.19. The first-order valence-corrected chi connectivity index (χ1v) is 16.7. The minimum absolute atomic E-state index is 0.0544. The number of carbonyl (C=O) groups is 4. The van der Waals surface area contributed by atoms with E-state index in [0.717, 1.165) is 28.4 Å². The molecule has 4 aromatic rings. The summed E-state index contributed by atoms with van der Waals surface area (Å²) in [6.45, 7) is 1.61. The topological polar surface area (TPSA) is 107 Å². The highest BCUT2D eigenvalue weighted by atomic mass is 35.5. The summed E-state index contributed by atoms with van der Waals surface area (Å²) < 4.78 is 29.1. The van der Waals surface area contributed by atoms with Crippen molar-refractivity contribution in [2.45, 2.75) is 25.7 Å². The number of phenols is 1. The summed E-state index contributed by atoms with van der Waals surface area (Å²) in [5, 5.41) is 14.1. The van der Waals surface area contributed by atoms with Gasteiger partial charge in [0.25, 0.3) is 0 Å². The van der Waals surface area contributed by atoms with Crippen molar-refractivity contribution in [1.29, 1.82) is 0 Å². The number of rotatable bonds is 5. The largest absolute Gasteiger partial charge is 0.505 e. The van der Waals surface area contributed by atoms with Gasteiger partial charge in [-0.25, -0.2) is 13.7 Å². The van der Waals surface area contributed by atoms with E-state index in [1.165, 1.54) is 29.2 Å². The first-order chi connectivity index (χ1) is 24.0. The Kier molecular flexibility index (Phi) is 7.41. The van der Waals surface area contributed by atoms with Crippen LogP contribution < -0.4 is 15.1 Å². The van der Waals surface area contributed by atoms with Crippen LogP contribution in [-0.4, -0.2) is 28.7 Å². The van der Waals surface area contributed by atoms with Crippen molar-refractivity contribution in [1.82, 2.24) is 0 Å². The fourth-order valence-corrected chi connectivity index (χ4v) is 8.81. The molecule has 2 aliphatic carbocycles. The van der Waals surface area contributed by atoms with Crippen LogP contribution in [0.25, 0.3) is 0 Å². The van der Waals surface area contributed by atoms with E-state index in [0.29, 0.717) is 11.3 Å². The molecule has 1 saturated carbocycles. The molecule has 4 amide bonds. The van der Waals surface area contributed by atoms with E-state index in [1.807, 2.05) is 36.4 Å². The number of imide groups is 2. The number of amides is 4. The third kappa shape index (κ3) is 4.61. The fraction of sp³-hybridized carbons (Fsp3) is 0.231. The van der Waals surface area contributed by atoms with Gasteiger partial charge in [0.2, 0.25) is 23.6 Å². The standard InChI is InChI=1S/C39H30ClF2N3O5/c1-39-28(36(48)45(38(39)50)23-14-17-30(41)29(40)18-23)19-27-24(33(39)26-8-5-9-31(42)34(26)46)15-16-25-32(27)37(49)44(35(25)47)22-12-10-21(11-13-22)43-20-6-3-2-4-7-20/h2-15,17-18,25,27-28,32-33,43,46H,16,19H2,1H3. The molecule has 6 atom stereocenters. The highest BCUT2D eigenvalue weighted by Gasteiger charge is 2.68. The van der Waals surface area contributed by atoms with E-state index in [1.54, 1.807) is 31.2 Å². The van der Waals surface area contributed by atoms with E-state index >= 15 is 0 Å². The summed E-state index contributed by atoms with van der Waals surface area (Å²) in [5.74, 6) is -8.57. The van der Waals surface area contributed by atoms with Crippen molar-refractivity contribution < 1.29 is 33.1 Å². The number of nitrogens with one attached hydrogen (secondary N) is 1. The summed E-state index contributed by atoms with van der Waals surface area (Å²) in [6, 6.07) is 24.1. The Bertz CT molecular complexity index is 2140. The van der Waals surface area contributed by atoms with Crippen LogP contribution in [0.15, 0.2) is 103 Å². The number of allylic oxidation sites excluding steroid dienone is 2. The van der Waals surface area contributed by atoms with Crippen molar-refractivity contribution in [2.24, 2.45) is 29.1 Å². The zero-order valence-corrected chi connectivity index (χ0v) is 27.4. The number of hydrogen-bond acceptors (Lipinski definition) is 6. The molecule has 3 fully saturated rings. The molecule has 0 bridgehead atoms. The van der Waals surface area contributed by atoms with Gasteiger partial charge in [-0.3, -0.25) is 24.1 Å². The number of benzene rings is 4. The van der Waals surface area contributed by atoms with Crippen LogP contribution in [0, 0.1) is 40.7 Å². The maximum absolute atomic E-state index is 15.0. The summed E-state index contributed by atoms with van der Waals surface area (Å²) in [6.07, 6.45) is 2.05. The number of fused-ring (bicyclic) bond motifs is 4. The molecule has 8 nitrogen and oxygen atoms in total. The monoisotopic (exact) mass is 693 g/mol. The molecule has 0 aromatic heterocycles. The molecule has 2 N–H and O–H groups in total. The molecule has 8 rings (SSSR count). The van der Waals surface area contributed by atoms with Crippen LogP contribution in [-0.2, 0) is 19.2 Å². The SMILES string of the molecule is CC12C(=O)N(c3ccc(F)c(Cl)c3)C(=O)C1CC1C(=CCC3C(=O)N(c4ccc(Nc5ccccc5)cc4)C(=O)C31)C2c1cccc(F)c1O. The minimum Gasteiger partial charge on any atom is -0.505 e. The van der Waals surface area contributed by atoms with Crippen molar-refractivity contribution in [3.05, 3.63) is 125 Å². The summed E-state index contributed by atoms with van der Waals surface area (Å²) >= 11 is 6.05. The first-order valence-electron chi connectivity index (χ1n) is 16.3. The number of para-hydroxylation sites is 2. The number of aromatic hydroxyl groups is 1. The Morgan fingerprint density at radius 1 is 0.780 bits per heavy atom. The van der Waals surface area contributed by atoms with Crippen LogP contribution in [0.1, 0.15) is 31.2 Å². The van der Waals surface area contributed by atoms with Crippen LogP contribution in [0.5, 0.6) is 5.75 Å². The molecule has 0 spiro atoms. The van der Waals surface area contributed by atoms with Gasteiger partial charge in [-0.2, -0.15) is 0 Å². The average molecular weight is 694 g/mol. The Morgan fingerprint density at radius 3 is 2.20 bits per heavy atom. The van der Waals surface area contributed by atoms with Crippen LogP contribution in [0.3, 0.4) is 0 Å². The second-order valence-electron chi connectivity index (χ2n) is 13.5. The number of halogens is 3. The molecule has 4 aliphatic rings. The molecule has 2 heterocycles. The third-order valence-corrected chi connectivity index (χ3v) is 11.2. The van der Waals surface area contributed by atoms with Gasteiger partial charge in [0.1, 0.15) is 5.82 Å².